The Balaban J connectivity index is 3.69. The van der Waals surface area contributed by atoms with Gasteiger partial charge >= 0.3 is 11.9 Å². The molecule has 0 bridgehead atoms. The largest absolute Gasteiger partial charge is 0.459 e. The van der Waals surface area contributed by atoms with Crippen molar-refractivity contribution in [2.75, 3.05) is 0 Å². The van der Waals surface area contributed by atoms with Crippen molar-refractivity contribution in [2.45, 2.75) is 92.9 Å². The van der Waals surface area contributed by atoms with Gasteiger partial charge in [0, 0.05) is 5.54 Å². The van der Waals surface area contributed by atoms with E-state index < -0.39 is 34.6 Å². The number of allylic oxidation sites excluding steroid dienone is 1. The van der Waals surface area contributed by atoms with Crippen molar-refractivity contribution in [3.63, 3.8) is 0 Å². The van der Waals surface area contributed by atoms with E-state index in [1.807, 2.05) is 20.8 Å². The standard InChI is InChI=1S/C22H35NO6/c1-12(24)14-13(2)27-17(23-20(3,4)5)16(19(26)29-22(9,10)11)15(14)18(25)28-21(6,7)8/h15,23H,1-11H3/t15-/m0/s1. The van der Waals surface area contributed by atoms with Crippen LogP contribution in [0.4, 0.5) is 0 Å². The lowest BCUT2D eigenvalue weighted by atomic mass is 9.85. The molecule has 1 rings (SSSR count). The number of nitrogens with one attached hydrogen (secondary N) is 1. The van der Waals surface area contributed by atoms with Crippen LogP contribution < -0.4 is 5.32 Å². The maximum atomic E-state index is 13.1. The van der Waals surface area contributed by atoms with E-state index >= 15 is 0 Å². The minimum Gasteiger partial charge on any atom is -0.459 e. The summed E-state index contributed by atoms with van der Waals surface area (Å²) in [5, 5.41) is 3.12. The van der Waals surface area contributed by atoms with Crippen LogP contribution >= 0.6 is 0 Å². The monoisotopic (exact) mass is 409 g/mol. The molecular weight excluding hydrogens is 374 g/mol. The lowest BCUT2D eigenvalue weighted by Crippen LogP contribution is -2.44. The van der Waals surface area contributed by atoms with Gasteiger partial charge in [0.05, 0.1) is 5.57 Å². The van der Waals surface area contributed by atoms with Gasteiger partial charge in [-0.25, -0.2) is 4.79 Å². The number of Topliss-reactive ketones (excluding diaryl/α,β-unsaturated/α-hetero) is 1. The van der Waals surface area contributed by atoms with E-state index in [-0.39, 0.29) is 28.6 Å². The lowest BCUT2D eigenvalue weighted by molar-refractivity contribution is -0.162. The second-order valence-corrected chi connectivity index (χ2v) is 10.2. The molecule has 0 fully saturated rings. The SMILES string of the molecule is CC(=O)C1=C(C)OC(NC(C)(C)C)=C(C(=O)OC(C)(C)C)[C@H]1C(=O)OC(C)(C)C. The highest BCUT2D eigenvalue weighted by molar-refractivity contribution is 6.07. The average molecular weight is 410 g/mol. The minimum absolute atomic E-state index is 0.0695. The molecule has 1 N–H and O–H groups in total. The van der Waals surface area contributed by atoms with Crippen LogP contribution in [0, 0.1) is 5.92 Å². The smallest absolute Gasteiger partial charge is 0.341 e. The Morgan fingerprint density at radius 1 is 0.862 bits per heavy atom. The van der Waals surface area contributed by atoms with E-state index in [9.17, 15) is 14.4 Å². The molecule has 0 aromatic heterocycles. The van der Waals surface area contributed by atoms with Gasteiger partial charge in [0.25, 0.3) is 0 Å². The molecule has 0 aliphatic carbocycles. The highest BCUT2D eigenvalue weighted by atomic mass is 16.6. The molecule has 1 aliphatic rings. The molecular formula is C22H35NO6. The van der Waals surface area contributed by atoms with E-state index in [2.05, 4.69) is 5.32 Å². The molecule has 0 amide bonds. The molecule has 0 radical (unpaired) electrons. The van der Waals surface area contributed by atoms with Crippen LogP contribution in [0.2, 0.25) is 0 Å². The Hall–Kier alpha value is -2.31. The van der Waals surface area contributed by atoms with Gasteiger partial charge in [0.2, 0.25) is 5.88 Å². The van der Waals surface area contributed by atoms with Crippen LogP contribution in [0.1, 0.15) is 76.2 Å². The van der Waals surface area contributed by atoms with Crippen molar-refractivity contribution in [1.29, 1.82) is 0 Å². The maximum absolute atomic E-state index is 13.1. The molecule has 164 valence electrons. The predicted octanol–water partition coefficient (Wildman–Crippen LogP) is 3.78. The molecule has 7 heteroatoms. The highest BCUT2D eigenvalue weighted by Crippen LogP contribution is 2.36. The summed E-state index contributed by atoms with van der Waals surface area (Å²) in [6.45, 7) is 18.9. The number of carbonyl (C=O) groups is 3. The number of hydrogen-bond acceptors (Lipinski definition) is 7. The Kier molecular flexibility index (Phi) is 7.00. The number of ketones is 1. The summed E-state index contributed by atoms with van der Waals surface area (Å²) in [7, 11) is 0. The van der Waals surface area contributed by atoms with Crippen molar-refractivity contribution >= 4 is 17.7 Å². The van der Waals surface area contributed by atoms with Crippen molar-refractivity contribution in [2.24, 2.45) is 5.92 Å². The maximum Gasteiger partial charge on any atom is 0.341 e. The topological polar surface area (TPSA) is 90.9 Å². The first-order valence-corrected chi connectivity index (χ1v) is 9.70. The molecule has 0 spiro atoms. The van der Waals surface area contributed by atoms with Gasteiger partial charge in [-0.3, -0.25) is 9.59 Å². The third-order valence-electron chi connectivity index (χ3n) is 3.59. The van der Waals surface area contributed by atoms with Gasteiger partial charge in [-0.15, -0.1) is 0 Å². The van der Waals surface area contributed by atoms with Crippen LogP contribution in [-0.4, -0.2) is 34.5 Å². The second-order valence-electron chi connectivity index (χ2n) is 10.2. The fraction of sp³-hybridized carbons (Fsp3) is 0.682. The number of esters is 2. The summed E-state index contributed by atoms with van der Waals surface area (Å²) < 4.78 is 16.9. The summed E-state index contributed by atoms with van der Waals surface area (Å²) in [6, 6.07) is 0. The van der Waals surface area contributed by atoms with E-state index in [1.165, 1.54) is 6.92 Å². The van der Waals surface area contributed by atoms with Gasteiger partial charge in [-0.05, 0) is 76.2 Å². The van der Waals surface area contributed by atoms with Gasteiger partial charge in [-0.1, -0.05) is 0 Å². The molecule has 7 nitrogen and oxygen atoms in total. The van der Waals surface area contributed by atoms with Gasteiger partial charge in [-0.2, -0.15) is 0 Å². The molecule has 0 saturated heterocycles. The van der Waals surface area contributed by atoms with Gasteiger partial charge < -0.3 is 19.5 Å². The Morgan fingerprint density at radius 2 is 1.34 bits per heavy atom. The lowest BCUT2D eigenvalue weighted by Gasteiger charge is -2.34. The molecule has 1 heterocycles. The first-order chi connectivity index (χ1) is 12.8. The third-order valence-corrected chi connectivity index (χ3v) is 3.59. The molecule has 1 aliphatic heterocycles. The van der Waals surface area contributed by atoms with Crippen LogP contribution in [0.3, 0.4) is 0 Å². The molecule has 0 saturated carbocycles. The van der Waals surface area contributed by atoms with Crippen LogP contribution in [-0.2, 0) is 28.6 Å². The van der Waals surface area contributed by atoms with Gasteiger partial charge in [0.15, 0.2) is 5.78 Å². The number of rotatable bonds is 4. The fourth-order valence-electron chi connectivity index (χ4n) is 2.77. The normalized spacial score (nSPS) is 18.2. The molecule has 29 heavy (non-hydrogen) atoms. The first kappa shape index (κ1) is 24.7. The molecule has 0 aromatic rings. The summed E-state index contributed by atoms with van der Waals surface area (Å²) in [5.74, 6) is -2.75. The summed E-state index contributed by atoms with van der Waals surface area (Å²) in [6.07, 6.45) is 0. The van der Waals surface area contributed by atoms with Crippen molar-refractivity contribution in [3.05, 3.63) is 22.8 Å². The van der Waals surface area contributed by atoms with E-state index in [0.717, 1.165) is 0 Å². The summed E-state index contributed by atoms with van der Waals surface area (Å²) in [4.78, 5) is 38.6. The van der Waals surface area contributed by atoms with Crippen LogP contribution in [0.15, 0.2) is 22.8 Å². The second kappa shape index (κ2) is 8.20. The zero-order valence-corrected chi connectivity index (χ0v) is 19.5. The molecule has 0 unspecified atom stereocenters. The van der Waals surface area contributed by atoms with Gasteiger partial charge in [0.1, 0.15) is 28.5 Å². The van der Waals surface area contributed by atoms with Crippen molar-refractivity contribution in [3.8, 4) is 0 Å². The van der Waals surface area contributed by atoms with Crippen LogP contribution in [0.25, 0.3) is 0 Å². The average Bonchev–Trinajstić information content (AvgIpc) is 2.39. The summed E-state index contributed by atoms with van der Waals surface area (Å²) >= 11 is 0. The first-order valence-electron chi connectivity index (χ1n) is 9.70. The number of carbonyl (C=O) groups excluding carboxylic acids is 3. The summed E-state index contributed by atoms with van der Waals surface area (Å²) in [5.41, 5.74) is -2.07. The highest BCUT2D eigenvalue weighted by Gasteiger charge is 2.45. The molecule has 1 atom stereocenters. The van der Waals surface area contributed by atoms with E-state index in [4.69, 9.17) is 14.2 Å². The zero-order chi connectivity index (χ0) is 22.9. The Morgan fingerprint density at radius 3 is 1.72 bits per heavy atom. The number of hydrogen-bond donors (Lipinski definition) is 1. The minimum atomic E-state index is -1.25. The van der Waals surface area contributed by atoms with E-state index in [1.54, 1.807) is 48.5 Å². The van der Waals surface area contributed by atoms with Crippen molar-refractivity contribution < 1.29 is 28.6 Å². The molecule has 0 aromatic carbocycles. The third kappa shape index (κ3) is 7.22. The quantitative estimate of drug-likeness (QED) is 0.707. The number of ether oxygens (including phenoxy) is 3. The zero-order valence-electron chi connectivity index (χ0n) is 19.5. The van der Waals surface area contributed by atoms with Crippen LogP contribution in [0.5, 0.6) is 0 Å². The predicted molar refractivity (Wildman–Crippen MR) is 110 cm³/mol. The van der Waals surface area contributed by atoms with Crippen molar-refractivity contribution in [1.82, 2.24) is 5.32 Å². The Labute approximate surface area is 173 Å². The van der Waals surface area contributed by atoms with E-state index in [0.29, 0.717) is 0 Å². The Bertz CT molecular complexity index is 754. The fourth-order valence-corrected chi connectivity index (χ4v) is 2.77.